The Hall–Kier alpha value is -1.65. The van der Waals surface area contributed by atoms with E-state index in [0.717, 1.165) is 24.8 Å². The predicted octanol–water partition coefficient (Wildman–Crippen LogP) is 1.50. The zero-order valence-corrected chi connectivity index (χ0v) is 10.2. The van der Waals surface area contributed by atoms with E-state index in [9.17, 15) is 4.79 Å². The monoisotopic (exact) mass is 235 g/mol. The fourth-order valence-corrected chi connectivity index (χ4v) is 1.93. The van der Waals surface area contributed by atoms with Crippen molar-refractivity contribution in [3.05, 3.63) is 18.1 Å². The molecule has 1 aliphatic heterocycles. The molecule has 0 aromatic carbocycles. The molecule has 0 bridgehead atoms. The van der Waals surface area contributed by atoms with Crippen molar-refractivity contribution in [2.75, 3.05) is 25.1 Å². The fourth-order valence-electron chi connectivity index (χ4n) is 1.93. The molecule has 0 radical (unpaired) electrons. The van der Waals surface area contributed by atoms with E-state index in [0.29, 0.717) is 0 Å². The lowest BCUT2D eigenvalue weighted by atomic mass is 9.99. The first-order valence-electron chi connectivity index (χ1n) is 5.86. The maximum absolute atomic E-state index is 11.2. The van der Waals surface area contributed by atoms with Crippen molar-refractivity contribution in [3.8, 4) is 0 Å². The number of piperidine rings is 1. The van der Waals surface area contributed by atoms with E-state index >= 15 is 0 Å². The summed E-state index contributed by atoms with van der Waals surface area (Å²) in [6, 6.07) is 0. The van der Waals surface area contributed by atoms with Crippen molar-refractivity contribution >= 4 is 11.8 Å². The van der Waals surface area contributed by atoms with Gasteiger partial charge in [0.05, 0.1) is 19.5 Å². The Balaban J connectivity index is 2.05. The topological polar surface area (TPSA) is 55.3 Å². The van der Waals surface area contributed by atoms with Crippen LogP contribution in [0.3, 0.4) is 0 Å². The quantitative estimate of drug-likeness (QED) is 0.727. The number of methoxy groups -OCH3 is 1. The van der Waals surface area contributed by atoms with Gasteiger partial charge in [0, 0.05) is 13.1 Å². The highest BCUT2D eigenvalue weighted by Crippen LogP contribution is 2.20. The number of carbonyl (C=O) groups is 1. The second-order valence-corrected chi connectivity index (χ2v) is 4.42. The molecule has 1 aromatic heterocycles. The van der Waals surface area contributed by atoms with E-state index < -0.39 is 5.97 Å². The molecule has 1 aliphatic rings. The minimum absolute atomic E-state index is 0.252. The Morgan fingerprint density at radius 3 is 2.59 bits per heavy atom. The van der Waals surface area contributed by atoms with Crippen LogP contribution in [-0.4, -0.2) is 36.1 Å². The SMILES string of the molecule is COC(=O)c1cnc(N2CCC(C)CC2)cn1. The molecule has 0 N–H and O–H groups in total. The van der Waals surface area contributed by atoms with E-state index in [1.54, 1.807) is 6.20 Å². The van der Waals surface area contributed by atoms with Gasteiger partial charge >= 0.3 is 5.97 Å². The van der Waals surface area contributed by atoms with E-state index in [2.05, 4.69) is 26.5 Å². The third-order valence-corrected chi connectivity index (χ3v) is 3.14. The lowest BCUT2D eigenvalue weighted by Gasteiger charge is -2.30. The molecule has 5 heteroatoms. The number of rotatable bonds is 2. The molecule has 1 saturated heterocycles. The van der Waals surface area contributed by atoms with E-state index in [-0.39, 0.29) is 5.69 Å². The minimum atomic E-state index is -0.448. The van der Waals surface area contributed by atoms with E-state index in [1.807, 2.05) is 0 Å². The molecular formula is C12H17N3O2. The van der Waals surface area contributed by atoms with Crippen LogP contribution in [0.25, 0.3) is 0 Å². The van der Waals surface area contributed by atoms with Gasteiger partial charge in [0.1, 0.15) is 5.82 Å². The van der Waals surface area contributed by atoms with Crippen molar-refractivity contribution in [1.29, 1.82) is 0 Å². The number of nitrogens with zero attached hydrogens (tertiary/aromatic N) is 3. The van der Waals surface area contributed by atoms with Crippen molar-refractivity contribution in [1.82, 2.24) is 9.97 Å². The highest BCUT2D eigenvalue weighted by molar-refractivity contribution is 5.86. The highest BCUT2D eigenvalue weighted by Gasteiger charge is 2.17. The first-order valence-corrected chi connectivity index (χ1v) is 5.86. The average molecular weight is 235 g/mol. The van der Waals surface area contributed by atoms with Gasteiger partial charge < -0.3 is 9.64 Å². The standard InChI is InChI=1S/C12H17N3O2/c1-9-3-5-15(6-4-9)11-8-13-10(7-14-11)12(16)17-2/h7-9H,3-6H2,1-2H3. The molecule has 2 rings (SSSR count). The molecule has 0 saturated carbocycles. The number of hydrogen-bond donors (Lipinski definition) is 0. The number of carbonyl (C=O) groups excluding carboxylic acids is 1. The summed E-state index contributed by atoms with van der Waals surface area (Å²) in [5.41, 5.74) is 0.252. The normalized spacial score (nSPS) is 16.9. The fraction of sp³-hybridized carbons (Fsp3) is 0.583. The van der Waals surface area contributed by atoms with Crippen LogP contribution in [0.2, 0.25) is 0 Å². The van der Waals surface area contributed by atoms with Gasteiger partial charge in [-0.15, -0.1) is 0 Å². The van der Waals surface area contributed by atoms with Crippen molar-refractivity contribution in [3.63, 3.8) is 0 Å². The molecule has 2 heterocycles. The van der Waals surface area contributed by atoms with Crippen LogP contribution >= 0.6 is 0 Å². The number of ether oxygens (including phenoxy) is 1. The molecule has 0 aliphatic carbocycles. The summed E-state index contributed by atoms with van der Waals surface area (Å²) in [5.74, 6) is 1.18. The Bertz CT molecular complexity index is 383. The van der Waals surface area contributed by atoms with Gasteiger partial charge in [0.25, 0.3) is 0 Å². The van der Waals surface area contributed by atoms with Gasteiger partial charge in [0.15, 0.2) is 5.69 Å². The molecular weight excluding hydrogens is 218 g/mol. The number of aromatic nitrogens is 2. The Labute approximate surface area is 101 Å². The molecule has 0 spiro atoms. The Morgan fingerprint density at radius 1 is 1.35 bits per heavy atom. The summed E-state index contributed by atoms with van der Waals surface area (Å²) in [5, 5.41) is 0. The predicted molar refractivity (Wildman–Crippen MR) is 64.0 cm³/mol. The second kappa shape index (κ2) is 5.12. The lowest BCUT2D eigenvalue weighted by molar-refractivity contribution is 0.0593. The molecule has 17 heavy (non-hydrogen) atoms. The van der Waals surface area contributed by atoms with Crippen molar-refractivity contribution < 1.29 is 9.53 Å². The smallest absolute Gasteiger partial charge is 0.358 e. The van der Waals surface area contributed by atoms with Crippen LogP contribution in [0, 0.1) is 5.92 Å². The van der Waals surface area contributed by atoms with Crippen molar-refractivity contribution in [2.24, 2.45) is 5.92 Å². The molecule has 92 valence electrons. The highest BCUT2D eigenvalue weighted by atomic mass is 16.5. The third kappa shape index (κ3) is 2.72. The maximum Gasteiger partial charge on any atom is 0.358 e. The summed E-state index contributed by atoms with van der Waals surface area (Å²) < 4.78 is 4.58. The Kier molecular flexibility index (Phi) is 3.56. The summed E-state index contributed by atoms with van der Waals surface area (Å²) in [6.07, 6.45) is 5.47. The second-order valence-electron chi connectivity index (χ2n) is 4.42. The van der Waals surface area contributed by atoms with Crippen LogP contribution in [0.15, 0.2) is 12.4 Å². The van der Waals surface area contributed by atoms with Gasteiger partial charge in [-0.05, 0) is 18.8 Å². The number of esters is 1. The van der Waals surface area contributed by atoms with Gasteiger partial charge in [0.2, 0.25) is 0 Å². The third-order valence-electron chi connectivity index (χ3n) is 3.14. The minimum Gasteiger partial charge on any atom is -0.464 e. The molecule has 0 atom stereocenters. The number of anilines is 1. The average Bonchev–Trinajstić information content (AvgIpc) is 2.39. The molecule has 5 nitrogen and oxygen atoms in total. The molecule has 1 aromatic rings. The maximum atomic E-state index is 11.2. The van der Waals surface area contributed by atoms with Crippen LogP contribution in [-0.2, 0) is 4.74 Å². The van der Waals surface area contributed by atoms with Gasteiger partial charge in [-0.1, -0.05) is 6.92 Å². The zero-order valence-electron chi connectivity index (χ0n) is 10.2. The van der Waals surface area contributed by atoms with E-state index in [4.69, 9.17) is 0 Å². The molecule has 0 amide bonds. The summed E-state index contributed by atoms with van der Waals surface area (Å²) in [6.45, 7) is 4.28. The summed E-state index contributed by atoms with van der Waals surface area (Å²) >= 11 is 0. The van der Waals surface area contributed by atoms with Crippen LogP contribution in [0.4, 0.5) is 5.82 Å². The van der Waals surface area contributed by atoms with Gasteiger partial charge in [-0.2, -0.15) is 0 Å². The van der Waals surface area contributed by atoms with Crippen LogP contribution < -0.4 is 4.90 Å². The van der Waals surface area contributed by atoms with Crippen LogP contribution in [0.5, 0.6) is 0 Å². The van der Waals surface area contributed by atoms with Gasteiger partial charge in [-0.3, -0.25) is 0 Å². The first kappa shape index (κ1) is 11.8. The lowest BCUT2D eigenvalue weighted by Crippen LogP contribution is -2.33. The molecule has 0 unspecified atom stereocenters. The zero-order chi connectivity index (χ0) is 12.3. The molecule has 1 fully saturated rings. The summed E-state index contributed by atoms with van der Waals surface area (Å²) in [4.78, 5) is 21.7. The van der Waals surface area contributed by atoms with Gasteiger partial charge in [-0.25, -0.2) is 14.8 Å². The van der Waals surface area contributed by atoms with Crippen LogP contribution in [0.1, 0.15) is 30.3 Å². The van der Waals surface area contributed by atoms with E-state index in [1.165, 1.54) is 26.1 Å². The largest absolute Gasteiger partial charge is 0.464 e. The first-order chi connectivity index (χ1) is 8.20. The van der Waals surface area contributed by atoms with Crippen molar-refractivity contribution in [2.45, 2.75) is 19.8 Å². The summed E-state index contributed by atoms with van der Waals surface area (Å²) in [7, 11) is 1.34. The number of hydrogen-bond acceptors (Lipinski definition) is 5. The Morgan fingerprint density at radius 2 is 2.06 bits per heavy atom.